The fraction of sp³-hybridized carbons (Fsp3) is 0.583. The van der Waals surface area contributed by atoms with Crippen LogP contribution in [-0.2, 0) is 10.2 Å². The minimum atomic E-state index is -0.527. The number of amides is 3. The maximum atomic E-state index is 12.6. The lowest BCUT2D eigenvalue weighted by Gasteiger charge is -2.35. The Labute approximate surface area is 190 Å². The molecule has 0 spiro atoms. The van der Waals surface area contributed by atoms with Crippen molar-refractivity contribution in [2.24, 2.45) is 0 Å². The molecule has 168 valence electrons. The van der Waals surface area contributed by atoms with Gasteiger partial charge in [0.2, 0.25) is 0 Å². The van der Waals surface area contributed by atoms with Crippen molar-refractivity contribution < 1.29 is 14.3 Å². The van der Waals surface area contributed by atoms with Crippen molar-refractivity contribution in [3.8, 4) is 11.8 Å². The minimum Gasteiger partial charge on any atom is -0.444 e. The summed E-state index contributed by atoms with van der Waals surface area (Å²) in [5.74, 6) is 6.26. The van der Waals surface area contributed by atoms with Crippen molar-refractivity contribution in [1.29, 1.82) is 0 Å². The molecule has 2 aliphatic rings. The monoisotopic (exact) mass is 445 g/mol. The Morgan fingerprint density at radius 3 is 2.35 bits per heavy atom. The quantitative estimate of drug-likeness (QED) is 0.686. The summed E-state index contributed by atoms with van der Waals surface area (Å²) in [5, 5.41) is 3.71. The molecule has 0 aromatic heterocycles. The number of benzene rings is 1. The summed E-state index contributed by atoms with van der Waals surface area (Å²) in [7, 11) is 0. The van der Waals surface area contributed by atoms with E-state index < -0.39 is 5.60 Å². The molecule has 1 aromatic carbocycles. The number of piperazine rings is 1. The second kappa shape index (κ2) is 9.00. The highest BCUT2D eigenvalue weighted by molar-refractivity contribution is 6.31. The summed E-state index contributed by atoms with van der Waals surface area (Å²) in [6.45, 7) is 11.4. The molecule has 0 radical (unpaired) electrons. The summed E-state index contributed by atoms with van der Waals surface area (Å²) in [4.78, 5) is 28.1. The van der Waals surface area contributed by atoms with Crippen LogP contribution in [0.3, 0.4) is 0 Å². The summed E-state index contributed by atoms with van der Waals surface area (Å²) in [5.41, 5.74) is 1.71. The largest absolute Gasteiger partial charge is 0.444 e. The lowest BCUT2D eigenvalue weighted by Crippen LogP contribution is -2.54. The molecule has 0 bridgehead atoms. The summed E-state index contributed by atoms with van der Waals surface area (Å²) in [6.07, 6.45) is 1.96. The molecule has 1 heterocycles. The Bertz CT molecular complexity index is 901. The number of nitrogens with one attached hydrogen (secondary N) is 1. The van der Waals surface area contributed by atoms with E-state index in [-0.39, 0.29) is 23.6 Å². The highest BCUT2D eigenvalue weighted by Gasteiger charge is 2.40. The molecule has 3 amide bonds. The first-order chi connectivity index (χ1) is 14.5. The lowest BCUT2D eigenvalue weighted by atomic mass is 9.96. The Balaban J connectivity index is 1.51. The summed E-state index contributed by atoms with van der Waals surface area (Å²) in [6, 6.07) is 5.40. The molecule has 1 atom stereocenters. The predicted octanol–water partition coefficient (Wildman–Crippen LogP) is 4.39. The second-order valence-electron chi connectivity index (χ2n) is 9.65. The van der Waals surface area contributed by atoms with Crippen molar-refractivity contribution in [2.75, 3.05) is 26.2 Å². The lowest BCUT2D eigenvalue weighted by molar-refractivity contribution is 0.0169. The van der Waals surface area contributed by atoms with E-state index in [2.05, 4.69) is 30.1 Å². The predicted molar refractivity (Wildman–Crippen MR) is 122 cm³/mol. The highest BCUT2D eigenvalue weighted by atomic mass is 35.5. The van der Waals surface area contributed by atoms with Crippen LogP contribution in [0, 0.1) is 11.8 Å². The zero-order valence-electron chi connectivity index (χ0n) is 19.0. The van der Waals surface area contributed by atoms with Gasteiger partial charge in [-0.1, -0.05) is 30.4 Å². The number of rotatable bonds is 2. The van der Waals surface area contributed by atoms with E-state index in [0.29, 0.717) is 26.2 Å². The van der Waals surface area contributed by atoms with Crippen molar-refractivity contribution in [3.05, 3.63) is 34.3 Å². The Hall–Kier alpha value is -2.39. The third-order valence-electron chi connectivity index (χ3n) is 5.61. The molecule has 1 N–H and O–H groups in total. The standard InChI is InChI=1S/C24H32ClN3O3/c1-17(6-7-18-8-9-20(25)19(16-18)24(5)10-11-24)26-21(29)27-12-14-28(15-13-27)22(30)31-23(2,3)4/h8-9,16-17H,10-15H2,1-5H3,(H,26,29). The van der Waals surface area contributed by atoms with Gasteiger partial charge in [0.05, 0.1) is 6.04 Å². The molecule has 1 aliphatic heterocycles. The van der Waals surface area contributed by atoms with Crippen LogP contribution in [0.25, 0.3) is 0 Å². The second-order valence-corrected chi connectivity index (χ2v) is 10.1. The molecule has 1 unspecified atom stereocenters. The van der Waals surface area contributed by atoms with Gasteiger partial charge in [0, 0.05) is 36.8 Å². The van der Waals surface area contributed by atoms with Crippen LogP contribution in [-0.4, -0.2) is 59.7 Å². The molecule has 31 heavy (non-hydrogen) atoms. The van der Waals surface area contributed by atoms with E-state index in [0.717, 1.165) is 29.0 Å². The van der Waals surface area contributed by atoms with E-state index >= 15 is 0 Å². The van der Waals surface area contributed by atoms with Gasteiger partial charge in [-0.2, -0.15) is 0 Å². The molecule has 1 saturated carbocycles. The number of urea groups is 1. The zero-order valence-corrected chi connectivity index (χ0v) is 19.8. The first-order valence-electron chi connectivity index (χ1n) is 10.8. The first-order valence-corrected chi connectivity index (χ1v) is 11.2. The molecule has 3 rings (SSSR count). The smallest absolute Gasteiger partial charge is 0.410 e. The van der Waals surface area contributed by atoms with E-state index in [1.54, 1.807) is 9.80 Å². The van der Waals surface area contributed by atoms with Gasteiger partial charge in [-0.15, -0.1) is 0 Å². The van der Waals surface area contributed by atoms with Gasteiger partial charge in [0.25, 0.3) is 0 Å². The molecule has 2 fully saturated rings. The molecular formula is C24H32ClN3O3. The van der Waals surface area contributed by atoms with E-state index in [9.17, 15) is 9.59 Å². The van der Waals surface area contributed by atoms with Crippen LogP contribution in [0.15, 0.2) is 18.2 Å². The van der Waals surface area contributed by atoms with Crippen LogP contribution < -0.4 is 5.32 Å². The van der Waals surface area contributed by atoms with E-state index in [4.69, 9.17) is 16.3 Å². The number of halogens is 1. The minimum absolute atomic E-state index is 0.173. The SMILES string of the molecule is CC(C#Cc1ccc(Cl)c(C2(C)CC2)c1)NC(=O)N1CCN(C(=O)OC(C)(C)C)CC1. The van der Waals surface area contributed by atoms with E-state index in [1.165, 1.54) is 0 Å². The number of carbonyl (C=O) groups is 2. The van der Waals surface area contributed by atoms with Crippen LogP contribution in [0.1, 0.15) is 58.6 Å². The van der Waals surface area contributed by atoms with Gasteiger partial charge in [-0.3, -0.25) is 0 Å². The fourth-order valence-corrected chi connectivity index (χ4v) is 3.79. The van der Waals surface area contributed by atoms with E-state index in [1.807, 2.05) is 39.8 Å². The van der Waals surface area contributed by atoms with Gasteiger partial charge in [-0.25, -0.2) is 9.59 Å². The normalized spacial score (nSPS) is 18.5. The Morgan fingerprint density at radius 1 is 1.16 bits per heavy atom. The number of hydrogen-bond donors (Lipinski definition) is 1. The molecular weight excluding hydrogens is 414 g/mol. The van der Waals surface area contributed by atoms with Gasteiger partial charge >= 0.3 is 12.1 Å². The topological polar surface area (TPSA) is 61.9 Å². The number of hydrogen-bond acceptors (Lipinski definition) is 3. The first kappa shape index (κ1) is 23.3. The zero-order chi connectivity index (χ0) is 22.8. The Kier molecular flexibility index (Phi) is 6.76. The molecule has 1 saturated heterocycles. The molecule has 1 aliphatic carbocycles. The van der Waals surface area contributed by atoms with Gasteiger partial charge < -0.3 is 19.9 Å². The average molecular weight is 446 g/mol. The molecule has 6 nitrogen and oxygen atoms in total. The maximum absolute atomic E-state index is 12.6. The van der Waals surface area contributed by atoms with Gasteiger partial charge in [0.15, 0.2) is 0 Å². The third-order valence-corrected chi connectivity index (χ3v) is 5.94. The molecule has 7 heteroatoms. The average Bonchev–Trinajstić information content (AvgIpc) is 3.44. The van der Waals surface area contributed by atoms with Crippen molar-refractivity contribution >= 4 is 23.7 Å². The van der Waals surface area contributed by atoms with Gasteiger partial charge in [-0.05, 0) is 69.7 Å². The summed E-state index contributed by atoms with van der Waals surface area (Å²) >= 11 is 6.36. The third kappa shape index (κ3) is 6.30. The van der Waals surface area contributed by atoms with Crippen LogP contribution in [0.5, 0.6) is 0 Å². The number of ether oxygens (including phenoxy) is 1. The van der Waals surface area contributed by atoms with Crippen LogP contribution in [0.2, 0.25) is 5.02 Å². The molecule has 1 aromatic rings. The van der Waals surface area contributed by atoms with Gasteiger partial charge in [0.1, 0.15) is 5.60 Å². The summed E-state index contributed by atoms with van der Waals surface area (Å²) < 4.78 is 5.39. The van der Waals surface area contributed by atoms with Crippen molar-refractivity contribution in [1.82, 2.24) is 15.1 Å². The fourth-order valence-electron chi connectivity index (χ4n) is 3.45. The maximum Gasteiger partial charge on any atom is 0.410 e. The highest BCUT2D eigenvalue weighted by Crippen LogP contribution is 2.50. The number of carbonyl (C=O) groups excluding carboxylic acids is 2. The van der Waals surface area contributed by atoms with Crippen molar-refractivity contribution in [2.45, 2.75) is 64.5 Å². The Morgan fingerprint density at radius 2 is 1.77 bits per heavy atom. The van der Waals surface area contributed by atoms with Crippen LogP contribution >= 0.6 is 11.6 Å². The van der Waals surface area contributed by atoms with Crippen LogP contribution in [0.4, 0.5) is 9.59 Å². The van der Waals surface area contributed by atoms with Crippen molar-refractivity contribution in [3.63, 3.8) is 0 Å². The number of nitrogens with zero attached hydrogens (tertiary/aromatic N) is 2.